The van der Waals surface area contributed by atoms with E-state index in [9.17, 15) is 4.79 Å². The first kappa shape index (κ1) is 16.2. The molecular formula is C19H19N3OS. The van der Waals surface area contributed by atoms with Crippen LogP contribution in [-0.2, 0) is 11.3 Å². The van der Waals surface area contributed by atoms with Crippen LogP contribution in [0.1, 0.15) is 11.3 Å². The van der Waals surface area contributed by atoms with Crippen LogP contribution < -0.4 is 5.32 Å². The number of hydrogen-bond acceptors (Lipinski definition) is 3. The maximum atomic E-state index is 11.9. The van der Waals surface area contributed by atoms with E-state index < -0.39 is 0 Å². The molecule has 3 rings (SSSR count). The van der Waals surface area contributed by atoms with Gasteiger partial charge in [0.25, 0.3) is 0 Å². The van der Waals surface area contributed by atoms with Crippen LogP contribution >= 0.6 is 11.3 Å². The Kier molecular flexibility index (Phi) is 5.23. The quantitative estimate of drug-likeness (QED) is 0.696. The second-order valence-electron chi connectivity index (χ2n) is 5.41. The Morgan fingerprint density at radius 2 is 2.08 bits per heavy atom. The zero-order chi connectivity index (χ0) is 16.8. The summed E-state index contributed by atoms with van der Waals surface area (Å²) in [5, 5.41) is 9.53. The lowest BCUT2D eigenvalue weighted by molar-refractivity contribution is -0.116. The molecule has 0 atom stereocenters. The van der Waals surface area contributed by atoms with Crippen LogP contribution in [0, 0.1) is 6.92 Å². The van der Waals surface area contributed by atoms with Gasteiger partial charge in [0.05, 0.1) is 11.4 Å². The molecule has 0 saturated heterocycles. The largest absolute Gasteiger partial charge is 0.351 e. The van der Waals surface area contributed by atoms with Crippen molar-refractivity contribution in [3.63, 3.8) is 0 Å². The summed E-state index contributed by atoms with van der Waals surface area (Å²) in [5.41, 5.74) is 3.08. The highest BCUT2D eigenvalue weighted by molar-refractivity contribution is 7.13. The van der Waals surface area contributed by atoms with Crippen molar-refractivity contribution in [2.24, 2.45) is 0 Å². The van der Waals surface area contributed by atoms with E-state index in [1.54, 1.807) is 17.4 Å². The van der Waals surface area contributed by atoms with Crippen molar-refractivity contribution < 1.29 is 4.79 Å². The lowest BCUT2D eigenvalue weighted by Crippen LogP contribution is -2.26. The molecule has 2 heterocycles. The van der Waals surface area contributed by atoms with Gasteiger partial charge >= 0.3 is 0 Å². The summed E-state index contributed by atoms with van der Waals surface area (Å²) in [6.07, 6.45) is 3.37. The molecule has 0 spiro atoms. The van der Waals surface area contributed by atoms with Crippen LogP contribution in [0.5, 0.6) is 0 Å². The highest BCUT2D eigenvalue weighted by Crippen LogP contribution is 2.23. The molecule has 1 amide bonds. The Labute approximate surface area is 145 Å². The van der Waals surface area contributed by atoms with E-state index in [1.165, 1.54) is 0 Å². The number of carbonyl (C=O) groups excluding carboxylic acids is 1. The monoisotopic (exact) mass is 337 g/mol. The number of hydrogen-bond donors (Lipinski definition) is 1. The molecule has 2 aromatic heterocycles. The summed E-state index contributed by atoms with van der Waals surface area (Å²) in [6, 6.07) is 15.9. The third kappa shape index (κ3) is 4.20. The Morgan fingerprint density at radius 1 is 1.25 bits per heavy atom. The minimum atomic E-state index is -0.0952. The standard InChI is InChI=1S/C19H19N3OS/c1-15-14-17(18-8-5-13-24-18)21-22(15)12-11-20-19(23)10-9-16-6-3-2-4-7-16/h2-10,13-14H,11-12H2,1H3,(H,20,23)/b10-9+. The molecule has 0 aliphatic rings. The highest BCUT2D eigenvalue weighted by Gasteiger charge is 2.07. The SMILES string of the molecule is Cc1cc(-c2cccs2)nn1CCNC(=O)/C=C/c1ccccc1. The molecule has 1 aromatic carbocycles. The molecule has 0 saturated carbocycles. The molecule has 0 aliphatic heterocycles. The van der Waals surface area contributed by atoms with E-state index in [-0.39, 0.29) is 5.91 Å². The molecule has 0 radical (unpaired) electrons. The predicted octanol–water partition coefficient (Wildman–Crippen LogP) is 3.75. The number of rotatable bonds is 6. The van der Waals surface area contributed by atoms with Crippen molar-refractivity contribution in [1.82, 2.24) is 15.1 Å². The number of thiophene rings is 1. The van der Waals surface area contributed by atoms with Gasteiger partial charge in [-0.15, -0.1) is 11.3 Å². The van der Waals surface area contributed by atoms with E-state index in [2.05, 4.69) is 22.5 Å². The van der Waals surface area contributed by atoms with Gasteiger partial charge in [0.1, 0.15) is 5.69 Å². The lowest BCUT2D eigenvalue weighted by atomic mass is 10.2. The Balaban J connectivity index is 1.51. The predicted molar refractivity (Wildman–Crippen MR) is 98.8 cm³/mol. The first-order valence-corrected chi connectivity index (χ1v) is 8.69. The second kappa shape index (κ2) is 7.75. The number of aryl methyl sites for hydroxylation is 1. The maximum Gasteiger partial charge on any atom is 0.244 e. The molecule has 3 aromatic rings. The first-order chi connectivity index (χ1) is 11.7. The Morgan fingerprint density at radius 3 is 2.83 bits per heavy atom. The number of carbonyl (C=O) groups is 1. The van der Waals surface area contributed by atoms with Crippen molar-refractivity contribution in [2.45, 2.75) is 13.5 Å². The Bertz CT molecular complexity index is 820. The second-order valence-corrected chi connectivity index (χ2v) is 6.35. The van der Waals surface area contributed by atoms with Crippen LogP contribution in [0.4, 0.5) is 0 Å². The summed E-state index contributed by atoms with van der Waals surface area (Å²) in [5.74, 6) is -0.0952. The van der Waals surface area contributed by atoms with Crippen LogP contribution in [0.2, 0.25) is 0 Å². The van der Waals surface area contributed by atoms with Gasteiger partial charge in [-0.3, -0.25) is 9.48 Å². The fourth-order valence-electron chi connectivity index (χ4n) is 2.36. The third-order valence-corrected chi connectivity index (χ3v) is 4.50. The molecule has 0 aliphatic carbocycles. The number of amides is 1. The summed E-state index contributed by atoms with van der Waals surface area (Å²) in [6.45, 7) is 3.23. The van der Waals surface area contributed by atoms with Gasteiger partial charge < -0.3 is 5.32 Å². The van der Waals surface area contributed by atoms with Crippen LogP contribution in [0.3, 0.4) is 0 Å². The number of benzene rings is 1. The van der Waals surface area contributed by atoms with Gasteiger partial charge in [0, 0.05) is 18.3 Å². The number of aromatic nitrogens is 2. The molecule has 4 nitrogen and oxygen atoms in total. The maximum absolute atomic E-state index is 11.9. The molecule has 0 unspecified atom stereocenters. The number of nitrogens with zero attached hydrogens (tertiary/aromatic N) is 2. The normalized spacial score (nSPS) is 11.0. The average molecular weight is 337 g/mol. The molecule has 0 fully saturated rings. The van der Waals surface area contributed by atoms with Gasteiger partial charge in [-0.2, -0.15) is 5.10 Å². The topological polar surface area (TPSA) is 46.9 Å². The summed E-state index contributed by atoms with van der Waals surface area (Å²) >= 11 is 1.68. The molecular weight excluding hydrogens is 318 g/mol. The van der Waals surface area contributed by atoms with Gasteiger partial charge in [-0.1, -0.05) is 36.4 Å². The molecule has 5 heteroatoms. The van der Waals surface area contributed by atoms with Gasteiger partial charge in [0.15, 0.2) is 0 Å². The third-order valence-electron chi connectivity index (χ3n) is 3.60. The summed E-state index contributed by atoms with van der Waals surface area (Å²) in [7, 11) is 0. The zero-order valence-corrected chi connectivity index (χ0v) is 14.3. The van der Waals surface area contributed by atoms with Crippen molar-refractivity contribution in [1.29, 1.82) is 0 Å². The van der Waals surface area contributed by atoms with Crippen LogP contribution in [0.15, 0.2) is 60.0 Å². The Hall–Kier alpha value is -2.66. The van der Waals surface area contributed by atoms with Crippen molar-refractivity contribution >= 4 is 23.3 Å². The van der Waals surface area contributed by atoms with Gasteiger partial charge in [0.2, 0.25) is 5.91 Å². The fourth-order valence-corrected chi connectivity index (χ4v) is 3.04. The van der Waals surface area contributed by atoms with Crippen molar-refractivity contribution in [3.05, 3.63) is 71.2 Å². The molecule has 0 bridgehead atoms. The van der Waals surface area contributed by atoms with Crippen LogP contribution in [-0.4, -0.2) is 22.2 Å². The summed E-state index contributed by atoms with van der Waals surface area (Å²) in [4.78, 5) is 13.0. The molecule has 122 valence electrons. The summed E-state index contributed by atoms with van der Waals surface area (Å²) < 4.78 is 1.93. The van der Waals surface area contributed by atoms with E-state index in [4.69, 9.17) is 0 Å². The highest BCUT2D eigenvalue weighted by atomic mass is 32.1. The van der Waals surface area contributed by atoms with E-state index >= 15 is 0 Å². The minimum Gasteiger partial charge on any atom is -0.351 e. The van der Waals surface area contributed by atoms with E-state index in [0.717, 1.165) is 21.8 Å². The van der Waals surface area contributed by atoms with E-state index in [1.807, 2.05) is 59.5 Å². The number of nitrogens with one attached hydrogen (secondary N) is 1. The van der Waals surface area contributed by atoms with Crippen molar-refractivity contribution in [2.75, 3.05) is 6.54 Å². The van der Waals surface area contributed by atoms with Gasteiger partial charge in [-0.05, 0) is 36.1 Å². The van der Waals surface area contributed by atoms with Crippen molar-refractivity contribution in [3.8, 4) is 10.6 Å². The zero-order valence-electron chi connectivity index (χ0n) is 13.5. The smallest absolute Gasteiger partial charge is 0.244 e. The van der Waals surface area contributed by atoms with Crippen LogP contribution in [0.25, 0.3) is 16.6 Å². The average Bonchev–Trinajstić information content (AvgIpc) is 3.24. The lowest BCUT2D eigenvalue weighted by Gasteiger charge is -2.05. The minimum absolute atomic E-state index is 0.0952. The molecule has 24 heavy (non-hydrogen) atoms. The molecule has 1 N–H and O–H groups in total. The van der Waals surface area contributed by atoms with Gasteiger partial charge in [-0.25, -0.2) is 0 Å². The van der Waals surface area contributed by atoms with E-state index in [0.29, 0.717) is 13.1 Å². The fraction of sp³-hybridized carbons (Fsp3) is 0.158. The first-order valence-electron chi connectivity index (χ1n) is 7.82.